The molecule has 3 aliphatic rings. The van der Waals surface area contributed by atoms with E-state index in [0.29, 0.717) is 6.04 Å². The Balaban J connectivity index is 1.40. The molecular weight excluding hydrogens is 222 g/mol. The van der Waals surface area contributed by atoms with Crippen molar-refractivity contribution in [3.05, 3.63) is 12.2 Å². The number of hydrogen-bond donors (Lipinski definition) is 1. The molecule has 1 saturated heterocycles. The van der Waals surface area contributed by atoms with E-state index in [1.54, 1.807) is 0 Å². The smallest absolute Gasteiger partial charge is 0.0345 e. The maximum Gasteiger partial charge on any atom is 0.0345 e. The summed E-state index contributed by atoms with van der Waals surface area (Å²) in [7, 11) is 4.50. The summed E-state index contributed by atoms with van der Waals surface area (Å²) in [6, 6.07) is 0.692. The molecule has 3 rings (SSSR count). The highest BCUT2D eigenvalue weighted by Crippen LogP contribution is 2.42. The Kier molecular flexibility index (Phi) is 3.73. The molecule has 1 N–H and O–H groups in total. The SMILES string of the molecule is CN1CCN(C)C(CNCC2CC3C=CC2C3)C1. The molecule has 0 radical (unpaired) electrons. The summed E-state index contributed by atoms with van der Waals surface area (Å²) >= 11 is 0. The zero-order valence-corrected chi connectivity index (χ0v) is 11.8. The van der Waals surface area contributed by atoms with E-state index < -0.39 is 0 Å². The Morgan fingerprint density at radius 2 is 2.00 bits per heavy atom. The molecule has 1 heterocycles. The highest BCUT2D eigenvalue weighted by Gasteiger charge is 2.35. The lowest BCUT2D eigenvalue weighted by Gasteiger charge is -2.38. The first-order chi connectivity index (χ1) is 8.72. The highest BCUT2D eigenvalue weighted by molar-refractivity contribution is 5.10. The van der Waals surface area contributed by atoms with Crippen molar-refractivity contribution in [3.8, 4) is 0 Å². The molecule has 0 spiro atoms. The molecule has 0 aromatic rings. The third-order valence-corrected chi connectivity index (χ3v) is 5.18. The van der Waals surface area contributed by atoms with E-state index in [1.165, 1.54) is 39.0 Å². The zero-order chi connectivity index (χ0) is 12.5. The summed E-state index contributed by atoms with van der Waals surface area (Å²) in [5, 5.41) is 3.73. The van der Waals surface area contributed by atoms with E-state index >= 15 is 0 Å². The van der Waals surface area contributed by atoms with Crippen LogP contribution in [0.25, 0.3) is 0 Å². The van der Waals surface area contributed by atoms with Gasteiger partial charge < -0.3 is 10.2 Å². The fraction of sp³-hybridized carbons (Fsp3) is 0.867. The van der Waals surface area contributed by atoms with Gasteiger partial charge in [-0.15, -0.1) is 0 Å². The number of piperazine rings is 1. The summed E-state index contributed by atoms with van der Waals surface area (Å²) < 4.78 is 0. The average molecular weight is 249 g/mol. The second-order valence-corrected chi connectivity index (χ2v) is 6.60. The Bertz CT molecular complexity index is 315. The lowest BCUT2D eigenvalue weighted by Crippen LogP contribution is -2.54. The maximum absolute atomic E-state index is 3.73. The number of hydrogen-bond acceptors (Lipinski definition) is 3. The highest BCUT2D eigenvalue weighted by atomic mass is 15.3. The first-order valence-electron chi connectivity index (χ1n) is 7.50. The molecule has 3 heteroatoms. The topological polar surface area (TPSA) is 18.5 Å². The van der Waals surface area contributed by atoms with Gasteiger partial charge in [-0.1, -0.05) is 12.2 Å². The normalized spacial score (nSPS) is 40.8. The molecule has 0 aromatic carbocycles. The fourth-order valence-electron chi connectivity index (χ4n) is 3.89. The first kappa shape index (κ1) is 12.6. The minimum Gasteiger partial charge on any atom is -0.315 e. The van der Waals surface area contributed by atoms with Crippen molar-refractivity contribution in [1.29, 1.82) is 0 Å². The Labute approximate surface area is 111 Å². The van der Waals surface area contributed by atoms with E-state index in [4.69, 9.17) is 0 Å². The van der Waals surface area contributed by atoms with Crippen LogP contribution in [0.3, 0.4) is 0 Å². The molecule has 2 aliphatic carbocycles. The van der Waals surface area contributed by atoms with Crippen LogP contribution in [-0.4, -0.2) is 62.7 Å². The Morgan fingerprint density at radius 3 is 2.72 bits per heavy atom. The number of nitrogens with zero attached hydrogens (tertiary/aromatic N) is 2. The third-order valence-electron chi connectivity index (χ3n) is 5.18. The molecule has 3 nitrogen and oxygen atoms in total. The molecule has 4 unspecified atom stereocenters. The zero-order valence-electron chi connectivity index (χ0n) is 11.8. The molecule has 102 valence electrons. The minimum atomic E-state index is 0.692. The van der Waals surface area contributed by atoms with Gasteiger partial charge in [0.15, 0.2) is 0 Å². The van der Waals surface area contributed by atoms with Gasteiger partial charge in [0.1, 0.15) is 0 Å². The predicted octanol–water partition coefficient (Wildman–Crippen LogP) is 1.03. The van der Waals surface area contributed by atoms with Crippen molar-refractivity contribution in [2.75, 3.05) is 46.8 Å². The molecule has 0 aromatic heterocycles. The average Bonchev–Trinajstić information content (AvgIpc) is 2.96. The van der Waals surface area contributed by atoms with Crippen molar-refractivity contribution in [2.24, 2.45) is 17.8 Å². The quantitative estimate of drug-likeness (QED) is 0.751. The van der Waals surface area contributed by atoms with Crippen LogP contribution in [0.2, 0.25) is 0 Å². The van der Waals surface area contributed by atoms with E-state index in [-0.39, 0.29) is 0 Å². The third kappa shape index (κ3) is 2.63. The van der Waals surface area contributed by atoms with Crippen LogP contribution >= 0.6 is 0 Å². The lowest BCUT2D eigenvalue weighted by molar-refractivity contribution is 0.112. The van der Waals surface area contributed by atoms with Crippen LogP contribution in [-0.2, 0) is 0 Å². The van der Waals surface area contributed by atoms with E-state index in [2.05, 4.69) is 41.4 Å². The van der Waals surface area contributed by atoms with Crippen LogP contribution in [0.1, 0.15) is 12.8 Å². The van der Waals surface area contributed by atoms with E-state index in [1.807, 2.05) is 0 Å². The van der Waals surface area contributed by atoms with Crippen molar-refractivity contribution in [3.63, 3.8) is 0 Å². The minimum absolute atomic E-state index is 0.692. The molecule has 1 aliphatic heterocycles. The largest absolute Gasteiger partial charge is 0.315 e. The molecule has 1 saturated carbocycles. The number of likely N-dealkylation sites (N-methyl/N-ethyl adjacent to an activating group) is 2. The van der Waals surface area contributed by atoms with Gasteiger partial charge in [-0.2, -0.15) is 0 Å². The van der Waals surface area contributed by atoms with Crippen molar-refractivity contribution in [2.45, 2.75) is 18.9 Å². The van der Waals surface area contributed by atoms with E-state index in [0.717, 1.165) is 24.3 Å². The van der Waals surface area contributed by atoms with Gasteiger partial charge in [0.25, 0.3) is 0 Å². The standard InChI is InChI=1S/C15H27N3/c1-17-5-6-18(2)15(11-17)10-16-9-14-8-12-3-4-13(14)7-12/h3-4,12-16H,5-11H2,1-2H3. The van der Waals surface area contributed by atoms with Gasteiger partial charge >= 0.3 is 0 Å². The summed E-state index contributed by atoms with van der Waals surface area (Å²) in [6.07, 6.45) is 7.75. The fourth-order valence-corrected chi connectivity index (χ4v) is 3.89. The van der Waals surface area contributed by atoms with Gasteiger partial charge in [-0.25, -0.2) is 0 Å². The number of fused-ring (bicyclic) bond motifs is 2. The van der Waals surface area contributed by atoms with E-state index in [9.17, 15) is 0 Å². The molecule has 2 bridgehead atoms. The molecule has 18 heavy (non-hydrogen) atoms. The second-order valence-electron chi connectivity index (χ2n) is 6.60. The van der Waals surface area contributed by atoms with Gasteiger partial charge in [-0.05, 0) is 51.2 Å². The summed E-state index contributed by atoms with van der Waals surface area (Å²) in [4.78, 5) is 4.96. The van der Waals surface area contributed by atoms with Crippen LogP contribution in [0.15, 0.2) is 12.2 Å². The van der Waals surface area contributed by atoms with Gasteiger partial charge in [0.2, 0.25) is 0 Å². The monoisotopic (exact) mass is 249 g/mol. The molecule has 4 atom stereocenters. The summed E-state index contributed by atoms with van der Waals surface area (Å²) in [5.41, 5.74) is 0. The van der Waals surface area contributed by atoms with Gasteiger partial charge in [0, 0.05) is 32.2 Å². The van der Waals surface area contributed by atoms with Gasteiger partial charge in [-0.3, -0.25) is 4.90 Å². The lowest BCUT2D eigenvalue weighted by atomic mass is 9.93. The van der Waals surface area contributed by atoms with Crippen LogP contribution in [0.4, 0.5) is 0 Å². The van der Waals surface area contributed by atoms with Crippen molar-refractivity contribution >= 4 is 0 Å². The first-order valence-corrected chi connectivity index (χ1v) is 7.50. The van der Waals surface area contributed by atoms with Crippen LogP contribution in [0, 0.1) is 17.8 Å². The van der Waals surface area contributed by atoms with Crippen LogP contribution < -0.4 is 5.32 Å². The molecular formula is C15H27N3. The van der Waals surface area contributed by atoms with Crippen LogP contribution in [0.5, 0.6) is 0 Å². The molecule has 0 amide bonds. The Morgan fingerprint density at radius 1 is 1.11 bits per heavy atom. The van der Waals surface area contributed by atoms with Crippen molar-refractivity contribution < 1.29 is 0 Å². The molecule has 2 fully saturated rings. The summed E-state index contributed by atoms with van der Waals surface area (Å²) in [5.74, 6) is 2.70. The summed E-state index contributed by atoms with van der Waals surface area (Å²) in [6.45, 7) is 6.00. The second kappa shape index (κ2) is 5.32. The maximum atomic E-state index is 3.73. The Hall–Kier alpha value is -0.380. The number of allylic oxidation sites excluding steroid dienone is 2. The van der Waals surface area contributed by atoms with Gasteiger partial charge in [0.05, 0.1) is 0 Å². The van der Waals surface area contributed by atoms with Crippen molar-refractivity contribution in [1.82, 2.24) is 15.1 Å². The predicted molar refractivity (Wildman–Crippen MR) is 75.6 cm³/mol. The number of rotatable bonds is 4. The number of nitrogens with one attached hydrogen (secondary N) is 1.